The fourth-order valence-electron chi connectivity index (χ4n) is 2.68. The summed E-state index contributed by atoms with van der Waals surface area (Å²) in [5.74, 6) is -0.191. The van der Waals surface area contributed by atoms with Gasteiger partial charge in [0.2, 0.25) is 0 Å². The lowest BCUT2D eigenvalue weighted by Crippen LogP contribution is -2.30. The normalized spacial score (nSPS) is 11.7. The number of hydrogen-bond donors (Lipinski definition) is 1. The molecule has 0 aliphatic carbocycles. The highest BCUT2D eigenvalue weighted by Crippen LogP contribution is 2.20. The molecule has 7 nitrogen and oxygen atoms in total. The number of hydrogen-bond acceptors (Lipinski definition) is 6. The summed E-state index contributed by atoms with van der Waals surface area (Å²) in [6, 6.07) is 14.3. The Morgan fingerprint density at radius 2 is 1.69 bits per heavy atom. The molecule has 1 atom stereocenters. The number of nitrogens with one attached hydrogen (secondary N) is 1. The van der Waals surface area contributed by atoms with Crippen molar-refractivity contribution in [3.63, 3.8) is 0 Å². The van der Waals surface area contributed by atoms with Crippen molar-refractivity contribution in [1.29, 1.82) is 0 Å². The molecule has 0 spiro atoms. The number of carbonyl (C=O) groups excluding carboxylic acids is 2. The third-order valence-corrected chi connectivity index (χ3v) is 4.94. The van der Waals surface area contributed by atoms with Crippen LogP contribution in [0, 0.1) is 13.8 Å². The van der Waals surface area contributed by atoms with E-state index in [0.717, 1.165) is 22.2 Å². The Morgan fingerprint density at radius 1 is 1.03 bits per heavy atom. The summed E-state index contributed by atoms with van der Waals surface area (Å²) in [4.78, 5) is 24.7. The summed E-state index contributed by atoms with van der Waals surface area (Å²) >= 11 is 1.49. The maximum atomic E-state index is 12.4. The van der Waals surface area contributed by atoms with Crippen LogP contribution in [0.25, 0.3) is 5.69 Å². The summed E-state index contributed by atoms with van der Waals surface area (Å²) in [6.45, 7) is 5.37. The van der Waals surface area contributed by atoms with Crippen LogP contribution in [-0.4, -0.2) is 39.0 Å². The number of ether oxygens (including phenoxy) is 1. The first kappa shape index (κ1) is 20.6. The third kappa shape index (κ3) is 4.83. The van der Waals surface area contributed by atoms with Crippen molar-refractivity contribution in [2.75, 3.05) is 11.6 Å². The van der Waals surface area contributed by atoms with E-state index in [-0.39, 0.29) is 5.91 Å². The molecule has 0 fully saturated rings. The average molecular weight is 410 g/mol. The SMILES string of the molecule is CSc1nnc(C)n1-c1ccc(C(=O)OC(C)C(=O)Nc2ccc(C)cc2)cc1. The van der Waals surface area contributed by atoms with E-state index in [9.17, 15) is 9.59 Å². The Morgan fingerprint density at radius 3 is 2.31 bits per heavy atom. The summed E-state index contributed by atoms with van der Waals surface area (Å²) in [5.41, 5.74) is 2.96. The highest BCUT2D eigenvalue weighted by molar-refractivity contribution is 7.98. The number of aryl methyl sites for hydroxylation is 2. The molecule has 1 amide bonds. The Bertz CT molecular complexity index is 1010. The van der Waals surface area contributed by atoms with E-state index in [1.807, 2.05) is 36.8 Å². The molecule has 8 heteroatoms. The van der Waals surface area contributed by atoms with Crippen molar-refractivity contribution in [2.24, 2.45) is 0 Å². The summed E-state index contributed by atoms with van der Waals surface area (Å²) < 4.78 is 7.21. The quantitative estimate of drug-likeness (QED) is 0.491. The standard InChI is InChI=1S/C21H22N4O3S/c1-13-5-9-17(10-6-13)22-19(26)14(2)28-20(27)16-7-11-18(12-8-16)25-15(3)23-24-21(25)29-4/h5-12,14H,1-4H3,(H,22,26). The number of amides is 1. The van der Waals surface area contributed by atoms with Gasteiger partial charge in [-0.2, -0.15) is 0 Å². The van der Waals surface area contributed by atoms with Crippen LogP contribution in [0.4, 0.5) is 5.69 Å². The van der Waals surface area contributed by atoms with Gasteiger partial charge in [-0.1, -0.05) is 29.5 Å². The fourth-order valence-corrected chi connectivity index (χ4v) is 3.22. The van der Waals surface area contributed by atoms with Crippen LogP contribution in [0.5, 0.6) is 0 Å². The second-order valence-electron chi connectivity index (χ2n) is 6.52. The van der Waals surface area contributed by atoms with Crippen molar-refractivity contribution in [2.45, 2.75) is 32.0 Å². The molecule has 2 aromatic carbocycles. The van der Waals surface area contributed by atoms with Crippen LogP contribution in [0.3, 0.4) is 0 Å². The van der Waals surface area contributed by atoms with Gasteiger partial charge in [-0.15, -0.1) is 10.2 Å². The minimum absolute atomic E-state index is 0.361. The minimum atomic E-state index is -0.924. The first-order valence-corrected chi connectivity index (χ1v) is 10.3. The number of anilines is 1. The summed E-state index contributed by atoms with van der Waals surface area (Å²) in [5, 5.41) is 11.7. The van der Waals surface area contributed by atoms with Crippen molar-refractivity contribution < 1.29 is 14.3 Å². The van der Waals surface area contributed by atoms with Crippen LogP contribution in [-0.2, 0) is 9.53 Å². The largest absolute Gasteiger partial charge is 0.449 e. The van der Waals surface area contributed by atoms with Gasteiger partial charge in [0.1, 0.15) is 5.82 Å². The van der Waals surface area contributed by atoms with E-state index < -0.39 is 12.1 Å². The van der Waals surface area contributed by atoms with E-state index in [4.69, 9.17) is 4.74 Å². The molecular formula is C21H22N4O3S. The molecule has 3 aromatic rings. The number of rotatable bonds is 6. The van der Waals surface area contributed by atoms with Gasteiger partial charge in [0.25, 0.3) is 5.91 Å². The maximum absolute atomic E-state index is 12.4. The van der Waals surface area contributed by atoms with Gasteiger partial charge in [0.05, 0.1) is 5.56 Å². The number of thioether (sulfide) groups is 1. The van der Waals surface area contributed by atoms with Gasteiger partial charge in [-0.05, 0) is 63.4 Å². The molecule has 1 heterocycles. The Labute approximate surface area is 173 Å². The second-order valence-corrected chi connectivity index (χ2v) is 7.29. The zero-order chi connectivity index (χ0) is 21.0. The maximum Gasteiger partial charge on any atom is 0.338 e. The lowest BCUT2D eigenvalue weighted by Gasteiger charge is -2.14. The van der Waals surface area contributed by atoms with Crippen LogP contribution >= 0.6 is 11.8 Å². The molecular weight excluding hydrogens is 388 g/mol. The zero-order valence-electron chi connectivity index (χ0n) is 16.7. The molecule has 0 saturated heterocycles. The van der Waals surface area contributed by atoms with E-state index in [2.05, 4.69) is 15.5 Å². The van der Waals surface area contributed by atoms with E-state index in [1.54, 1.807) is 43.3 Å². The molecule has 0 saturated carbocycles. The Hall–Kier alpha value is -3.13. The number of esters is 1. The Kier molecular flexibility index (Phi) is 6.33. The van der Waals surface area contributed by atoms with Crippen LogP contribution in [0.1, 0.15) is 28.7 Å². The van der Waals surface area contributed by atoms with Crippen molar-refractivity contribution >= 4 is 29.3 Å². The number of benzene rings is 2. The molecule has 1 aromatic heterocycles. The lowest BCUT2D eigenvalue weighted by atomic mass is 10.2. The van der Waals surface area contributed by atoms with Crippen molar-refractivity contribution in [1.82, 2.24) is 14.8 Å². The monoisotopic (exact) mass is 410 g/mol. The Balaban J connectivity index is 1.65. The number of aromatic nitrogens is 3. The predicted octanol–water partition coefficient (Wildman–Crippen LogP) is 3.79. The van der Waals surface area contributed by atoms with Gasteiger partial charge in [0, 0.05) is 11.4 Å². The second kappa shape index (κ2) is 8.91. The highest BCUT2D eigenvalue weighted by atomic mass is 32.2. The average Bonchev–Trinajstić information content (AvgIpc) is 3.10. The number of nitrogens with zero attached hydrogens (tertiary/aromatic N) is 3. The first-order valence-electron chi connectivity index (χ1n) is 9.04. The number of carbonyl (C=O) groups is 2. The third-order valence-electron chi connectivity index (χ3n) is 4.31. The van der Waals surface area contributed by atoms with Crippen LogP contribution < -0.4 is 5.32 Å². The minimum Gasteiger partial charge on any atom is -0.449 e. The smallest absolute Gasteiger partial charge is 0.338 e. The molecule has 150 valence electrons. The molecule has 29 heavy (non-hydrogen) atoms. The van der Waals surface area contributed by atoms with E-state index >= 15 is 0 Å². The zero-order valence-corrected chi connectivity index (χ0v) is 17.5. The molecule has 1 N–H and O–H groups in total. The van der Waals surface area contributed by atoms with Crippen LogP contribution in [0.2, 0.25) is 0 Å². The molecule has 0 aliphatic heterocycles. The highest BCUT2D eigenvalue weighted by Gasteiger charge is 2.19. The van der Waals surface area contributed by atoms with E-state index in [0.29, 0.717) is 11.3 Å². The molecule has 0 aliphatic rings. The van der Waals surface area contributed by atoms with Gasteiger partial charge < -0.3 is 10.1 Å². The van der Waals surface area contributed by atoms with Crippen LogP contribution in [0.15, 0.2) is 53.7 Å². The van der Waals surface area contributed by atoms with Crippen molar-refractivity contribution in [3.8, 4) is 5.69 Å². The molecule has 3 rings (SSSR count). The lowest BCUT2D eigenvalue weighted by molar-refractivity contribution is -0.123. The van der Waals surface area contributed by atoms with Crippen molar-refractivity contribution in [3.05, 3.63) is 65.5 Å². The van der Waals surface area contributed by atoms with E-state index in [1.165, 1.54) is 11.8 Å². The molecule has 0 bridgehead atoms. The molecule has 0 radical (unpaired) electrons. The summed E-state index contributed by atoms with van der Waals surface area (Å²) in [7, 11) is 0. The first-order chi connectivity index (χ1) is 13.9. The van der Waals surface area contributed by atoms with Gasteiger partial charge in [0.15, 0.2) is 11.3 Å². The van der Waals surface area contributed by atoms with Gasteiger partial charge in [-0.25, -0.2) is 4.79 Å². The van der Waals surface area contributed by atoms with Gasteiger partial charge in [-0.3, -0.25) is 9.36 Å². The summed E-state index contributed by atoms with van der Waals surface area (Å²) in [6.07, 6.45) is 1.00. The topological polar surface area (TPSA) is 86.1 Å². The van der Waals surface area contributed by atoms with Gasteiger partial charge >= 0.3 is 5.97 Å². The fraction of sp³-hybridized carbons (Fsp3) is 0.238. The predicted molar refractivity (Wildman–Crippen MR) is 113 cm³/mol. The molecule has 1 unspecified atom stereocenters.